The maximum Gasteiger partial charge on any atom is 0.278 e. The highest BCUT2D eigenvalue weighted by molar-refractivity contribution is 7.13. The summed E-state index contributed by atoms with van der Waals surface area (Å²) in [7, 11) is 0. The zero-order valence-electron chi connectivity index (χ0n) is 10.1. The van der Waals surface area contributed by atoms with Gasteiger partial charge in [-0.25, -0.2) is 9.97 Å². The van der Waals surface area contributed by atoms with Crippen LogP contribution in [0.1, 0.15) is 15.6 Å². The quantitative estimate of drug-likeness (QED) is 0.720. The van der Waals surface area contributed by atoms with E-state index in [4.69, 9.17) is 4.52 Å². The molecule has 0 spiro atoms. The third kappa shape index (κ3) is 1.95. The first kappa shape index (κ1) is 11.5. The third-order valence-corrected chi connectivity index (χ3v) is 4.18. The van der Waals surface area contributed by atoms with Gasteiger partial charge in [0.25, 0.3) is 5.89 Å². The maximum atomic E-state index is 5.26. The third-order valence-electron chi connectivity index (χ3n) is 2.34. The van der Waals surface area contributed by atoms with Gasteiger partial charge in [-0.2, -0.15) is 4.98 Å². The van der Waals surface area contributed by atoms with E-state index in [9.17, 15) is 0 Å². The van der Waals surface area contributed by atoms with Crippen LogP contribution in [0.5, 0.6) is 0 Å². The molecule has 0 aromatic carbocycles. The van der Waals surface area contributed by atoms with Crippen LogP contribution in [0.4, 0.5) is 0 Å². The van der Waals surface area contributed by atoms with Crippen molar-refractivity contribution < 1.29 is 4.52 Å². The van der Waals surface area contributed by atoms with Crippen molar-refractivity contribution in [3.05, 3.63) is 21.0 Å². The fourth-order valence-corrected chi connectivity index (χ4v) is 3.12. The molecule has 0 aliphatic rings. The van der Waals surface area contributed by atoms with Crippen molar-refractivity contribution in [2.24, 2.45) is 0 Å². The lowest BCUT2D eigenvalue weighted by Crippen LogP contribution is -1.82. The Morgan fingerprint density at radius 3 is 2.56 bits per heavy atom. The summed E-state index contributed by atoms with van der Waals surface area (Å²) < 4.78 is 5.26. The molecule has 0 unspecified atom stereocenters. The van der Waals surface area contributed by atoms with Crippen LogP contribution in [-0.4, -0.2) is 20.1 Å². The zero-order chi connectivity index (χ0) is 12.7. The Labute approximate surface area is 112 Å². The van der Waals surface area contributed by atoms with E-state index in [1.54, 1.807) is 11.3 Å². The highest BCUT2D eigenvalue weighted by Crippen LogP contribution is 2.28. The van der Waals surface area contributed by atoms with E-state index in [0.29, 0.717) is 11.7 Å². The Balaban J connectivity index is 2.01. The summed E-state index contributed by atoms with van der Waals surface area (Å²) in [4.78, 5) is 14.2. The molecule has 0 N–H and O–H groups in total. The minimum absolute atomic E-state index is 0.458. The van der Waals surface area contributed by atoms with E-state index in [-0.39, 0.29) is 0 Å². The van der Waals surface area contributed by atoms with Crippen LogP contribution in [0, 0.1) is 20.8 Å². The van der Waals surface area contributed by atoms with Crippen molar-refractivity contribution in [1.82, 2.24) is 20.1 Å². The first-order valence-electron chi connectivity index (χ1n) is 5.34. The molecule has 0 aliphatic heterocycles. The minimum atomic E-state index is 0.458. The van der Waals surface area contributed by atoms with Crippen LogP contribution in [-0.2, 0) is 0 Å². The molecule has 0 atom stereocenters. The molecule has 18 heavy (non-hydrogen) atoms. The molecule has 0 amide bonds. The second-order valence-corrected chi connectivity index (χ2v) is 6.12. The molecule has 3 heterocycles. The zero-order valence-corrected chi connectivity index (χ0v) is 11.7. The van der Waals surface area contributed by atoms with Crippen LogP contribution in [0.15, 0.2) is 9.90 Å². The molecular formula is C11H10N4OS2. The highest BCUT2D eigenvalue weighted by atomic mass is 32.1. The van der Waals surface area contributed by atoms with Crippen molar-refractivity contribution >= 4 is 22.7 Å². The Bertz CT molecular complexity index is 698. The molecule has 0 radical (unpaired) electrons. The number of rotatable bonds is 2. The Kier molecular flexibility index (Phi) is 2.71. The summed E-state index contributed by atoms with van der Waals surface area (Å²) in [5.74, 6) is 0.979. The Morgan fingerprint density at radius 1 is 1.11 bits per heavy atom. The van der Waals surface area contributed by atoms with Crippen molar-refractivity contribution in [1.29, 1.82) is 0 Å². The fraction of sp³-hybridized carbons (Fsp3) is 0.273. The summed E-state index contributed by atoms with van der Waals surface area (Å²) >= 11 is 3.13. The van der Waals surface area contributed by atoms with Gasteiger partial charge in [0.1, 0.15) is 5.69 Å². The minimum Gasteiger partial charge on any atom is -0.332 e. The predicted molar refractivity (Wildman–Crippen MR) is 70.7 cm³/mol. The van der Waals surface area contributed by atoms with Gasteiger partial charge in [0.15, 0.2) is 5.01 Å². The highest BCUT2D eigenvalue weighted by Gasteiger charge is 2.17. The van der Waals surface area contributed by atoms with E-state index < -0.39 is 0 Å². The van der Waals surface area contributed by atoms with Gasteiger partial charge in [0, 0.05) is 16.0 Å². The molecule has 92 valence electrons. The van der Waals surface area contributed by atoms with E-state index >= 15 is 0 Å². The topological polar surface area (TPSA) is 64.7 Å². The smallest absolute Gasteiger partial charge is 0.278 e. The van der Waals surface area contributed by atoms with Gasteiger partial charge in [0.2, 0.25) is 5.82 Å². The molecule has 0 saturated heterocycles. The average Bonchev–Trinajstić information content (AvgIpc) is 2.98. The molecule has 0 saturated carbocycles. The number of nitrogens with zero attached hydrogens (tertiary/aromatic N) is 4. The van der Waals surface area contributed by atoms with Gasteiger partial charge in [-0.3, -0.25) is 0 Å². The van der Waals surface area contributed by atoms with E-state index in [0.717, 1.165) is 26.3 Å². The van der Waals surface area contributed by atoms with Crippen molar-refractivity contribution in [2.75, 3.05) is 0 Å². The average molecular weight is 278 g/mol. The Hall–Kier alpha value is -1.60. The maximum absolute atomic E-state index is 5.26. The summed E-state index contributed by atoms with van der Waals surface area (Å²) in [6, 6.07) is 0. The molecule has 5 nitrogen and oxygen atoms in total. The number of thiazole rings is 2. The van der Waals surface area contributed by atoms with Crippen LogP contribution in [0.2, 0.25) is 0 Å². The predicted octanol–water partition coefficient (Wildman–Crippen LogP) is 3.24. The lowest BCUT2D eigenvalue weighted by Gasteiger charge is -1.87. The normalized spacial score (nSPS) is 11.1. The fourth-order valence-electron chi connectivity index (χ4n) is 1.59. The van der Waals surface area contributed by atoms with Gasteiger partial charge >= 0.3 is 0 Å². The molecule has 3 aromatic heterocycles. The van der Waals surface area contributed by atoms with Crippen molar-refractivity contribution in [3.8, 4) is 22.4 Å². The second-order valence-electron chi connectivity index (χ2n) is 3.85. The molecule has 7 heteroatoms. The molecule has 0 aliphatic carbocycles. The lowest BCUT2D eigenvalue weighted by molar-refractivity contribution is 0.431. The van der Waals surface area contributed by atoms with Crippen LogP contribution in [0.3, 0.4) is 0 Å². The molecule has 3 aromatic rings. The molecule has 0 fully saturated rings. The summed E-state index contributed by atoms with van der Waals surface area (Å²) in [5, 5.41) is 7.68. The number of hydrogen-bond donors (Lipinski definition) is 0. The van der Waals surface area contributed by atoms with Gasteiger partial charge < -0.3 is 4.52 Å². The van der Waals surface area contributed by atoms with Gasteiger partial charge in [0.05, 0.1) is 5.01 Å². The summed E-state index contributed by atoms with van der Waals surface area (Å²) in [6.07, 6.45) is 0. The number of aromatic nitrogens is 4. The van der Waals surface area contributed by atoms with Crippen molar-refractivity contribution in [3.63, 3.8) is 0 Å². The van der Waals surface area contributed by atoms with Gasteiger partial charge in [-0.05, 0) is 20.8 Å². The molecule has 0 bridgehead atoms. The van der Waals surface area contributed by atoms with E-state index in [1.807, 2.05) is 26.2 Å². The monoisotopic (exact) mass is 278 g/mol. The SMILES string of the molecule is Cc1csc(-c2noc(-c3nc(C)sc3C)n2)n1. The van der Waals surface area contributed by atoms with E-state index in [1.165, 1.54) is 11.3 Å². The van der Waals surface area contributed by atoms with Crippen LogP contribution >= 0.6 is 22.7 Å². The first-order chi connectivity index (χ1) is 8.63. The van der Waals surface area contributed by atoms with E-state index in [2.05, 4.69) is 20.1 Å². The number of aryl methyl sites for hydroxylation is 3. The largest absolute Gasteiger partial charge is 0.332 e. The summed E-state index contributed by atoms with van der Waals surface area (Å²) in [6.45, 7) is 5.90. The number of hydrogen-bond acceptors (Lipinski definition) is 7. The summed E-state index contributed by atoms with van der Waals surface area (Å²) in [5.41, 5.74) is 1.73. The van der Waals surface area contributed by atoms with Crippen LogP contribution < -0.4 is 0 Å². The second kappa shape index (κ2) is 4.25. The Morgan fingerprint density at radius 2 is 1.94 bits per heavy atom. The lowest BCUT2D eigenvalue weighted by atomic mass is 10.4. The first-order valence-corrected chi connectivity index (χ1v) is 7.03. The van der Waals surface area contributed by atoms with Crippen molar-refractivity contribution in [2.45, 2.75) is 20.8 Å². The van der Waals surface area contributed by atoms with Gasteiger partial charge in [-0.15, -0.1) is 22.7 Å². The van der Waals surface area contributed by atoms with Crippen LogP contribution in [0.25, 0.3) is 22.4 Å². The molecular weight excluding hydrogens is 268 g/mol. The molecule has 3 rings (SSSR count). The van der Waals surface area contributed by atoms with Gasteiger partial charge in [-0.1, -0.05) is 5.16 Å². The standard InChI is InChI=1S/C11H10N4OS2/c1-5-4-17-11(12-5)9-14-10(16-15-9)8-6(2)18-7(3)13-8/h4H,1-3H3.